The maximum absolute atomic E-state index is 12.8. The fourth-order valence-electron chi connectivity index (χ4n) is 4.74. The predicted molar refractivity (Wildman–Crippen MR) is 106 cm³/mol. The average Bonchev–Trinajstić information content (AvgIpc) is 3.17. The molecule has 0 radical (unpaired) electrons. The van der Waals surface area contributed by atoms with Gasteiger partial charge in [-0.2, -0.15) is 5.26 Å². The number of nitrogens with one attached hydrogen (secondary N) is 1. The molecule has 2 bridgehead atoms. The molecule has 0 amide bonds. The second kappa shape index (κ2) is 6.77. The molecule has 3 aromatic rings. The van der Waals surface area contributed by atoms with Gasteiger partial charge in [-0.15, -0.1) is 0 Å². The van der Waals surface area contributed by atoms with Crippen molar-refractivity contribution >= 4 is 0 Å². The Bertz CT molecular complexity index is 1110. The van der Waals surface area contributed by atoms with Crippen LogP contribution in [0.3, 0.4) is 0 Å². The van der Waals surface area contributed by atoms with Gasteiger partial charge in [0.25, 0.3) is 5.56 Å². The lowest BCUT2D eigenvalue weighted by Crippen LogP contribution is -2.46. The van der Waals surface area contributed by atoms with Crippen LogP contribution in [-0.2, 0) is 13.1 Å². The summed E-state index contributed by atoms with van der Waals surface area (Å²) in [6, 6.07) is 11.9. The van der Waals surface area contributed by atoms with Gasteiger partial charge >= 0.3 is 0 Å². The van der Waals surface area contributed by atoms with Gasteiger partial charge in [0, 0.05) is 68.0 Å². The minimum Gasteiger partial charge on any atom is -0.353 e. The van der Waals surface area contributed by atoms with Crippen LogP contribution in [0.1, 0.15) is 29.3 Å². The van der Waals surface area contributed by atoms with Gasteiger partial charge in [-0.25, -0.2) is 0 Å². The van der Waals surface area contributed by atoms with Crippen molar-refractivity contribution in [2.24, 2.45) is 5.92 Å². The third-order valence-corrected chi connectivity index (χ3v) is 5.90. The van der Waals surface area contributed by atoms with Crippen molar-refractivity contribution in [1.82, 2.24) is 19.4 Å². The number of H-pyrrole nitrogens is 1. The van der Waals surface area contributed by atoms with Gasteiger partial charge in [-0.1, -0.05) is 6.07 Å². The van der Waals surface area contributed by atoms with E-state index in [1.54, 1.807) is 12.3 Å². The van der Waals surface area contributed by atoms with Crippen LogP contribution in [0, 0.1) is 17.2 Å². The molecule has 2 aliphatic heterocycles. The second-order valence-electron chi connectivity index (χ2n) is 7.89. The van der Waals surface area contributed by atoms with E-state index in [0.717, 1.165) is 55.0 Å². The number of pyridine rings is 2. The largest absolute Gasteiger partial charge is 0.353 e. The minimum absolute atomic E-state index is 0.0869. The molecule has 0 unspecified atom stereocenters. The van der Waals surface area contributed by atoms with Crippen LogP contribution < -0.4 is 5.56 Å². The molecule has 2 aliphatic rings. The predicted octanol–water partition coefficient (Wildman–Crippen LogP) is 2.73. The number of rotatable bonds is 3. The molecule has 0 aromatic carbocycles. The van der Waals surface area contributed by atoms with Crippen molar-refractivity contribution in [3.8, 4) is 17.2 Å². The third-order valence-electron chi connectivity index (χ3n) is 5.90. The zero-order chi connectivity index (χ0) is 19.1. The topological polar surface area (TPSA) is 77.7 Å². The Balaban J connectivity index is 1.44. The number of fused-ring (bicyclic) bond motifs is 4. The van der Waals surface area contributed by atoms with Crippen LogP contribution in [0.15, 0.2) is 53.7 Å². The van der Waals surface area contributed by atoms with Gasteiger partial charge in [-0.05, 0) is 41.7 Å². The van der Waals surface area contributed by atoms with Crippen molar-refractivity contribution in [1.29, 1.82) is 5.26 Å². The number of hydrogen-bond donors (Lipinski definition) is 1. The van der Waals surface area contributed by atoms with Gasteiger partial charge in [0.2, 0.25) is 0 Å². The molecule has 1 N–H and O–H groups in total. The molecule has 1 saturated heterocycles. The third kappa shape index (κ3) is 3.04. The average molecular weight is 371 g/mol. The SMILES string of the molecule is N#Cc1cc(CN2C[C@@H]3C[C@H](C2)c2cc(-c4cccnc4)cc(=O)n2C3)c[nH]1. The van der Waals surface area contributed by atoms with E-state index in [0.29, 0.717) is 17.5 Å². The van der Waals surface area contributed by atoms with Gasteiger partial charge in [0.15, 0.2) is 0 Å². The molecule has 5 rings (SSSR count). The lowest BCUT2D eigenvalue weighted by molar-refractivity contribution is 0.114. The maximum atomic E-state index is 12.8. The first-order chi connectivity index (χ1) is 13.7. The highest BCUT2D eigenvalue weighted by Crippen LogP contribution is 2.37. The first kappa shape index (κ1) is 17.0. The van der Waals surface area contributed by atoms with E-state index in [1.807, 2.05) is 35.2 Å². The fraction of sp³-hybridized carbons (Fsp3) is 0.318. The summed E-state index contributed by atoms with van der Waals surface area (Å²) in [6.07, 6.45) is 6.60. The van der Waals surface area contributed by atoms with Crippen LogP contribution in [0.5, 0.6) is 0 Å². The van der Waals surface area contributed by atoms with Crippen LogP contribution in [0.2, 0.25) is 0 Å². The molecule has 6 heteroatoms. The van der Waals surface area contributed by atoms with E-state index in [1.165, 1.54) is 0 Å². The van der Waals surface area contributed by atoms with Crippen LogP contribution in [0.25, 0.3) is 11.1 Å². The number of nitriles is 1. The lowest BCUT2D eigenvalue weighted by Gasteiger charge is -2.43. The monoisotopic (exact) mass is 371 g/mol. The Morgan fingerprint density at radius 1 is 1.21 bits per heavy atom. The summed E-state index contributed by atoms with van der Waals surface area (Å²) in [5.74, 6) is 0.841. The van der Waals surface area contributed by atoms with Gasteiger partial charge in [-0.3, -0.25) is 14.7 Å². The summed E-state index contributed by atoms with van der Waals surface area (Å²) in [6.45, 7) is 3.53. The molecule has 1 fully saturated rings. The Hall–Kier alpha value is -3.17. The minimum atomic E-state index is 0.0869. The van der Waals surface area contributed by atoms with Crippen LogP contribution in [-0.4, -0.2) is 32.5 Å². The molecule has 0 spiro atoms. The number of aromatic nitrogens is 3. The summed E-state index contributed by atoms with van der Waals surface area (Å²) in [4.78, 5) is 22.4. The molecular formula is C22H21N5O. The summed E-state index contributed by atoms with van der Waals surface area (Å²) in [5.41, 5.74) is 4.89. The summed E-state index contributed by atoms with van der Waals surface area (Å²) in [5, 5.41) is 9.01. The Morgan fingerprint density at radius 3 is 2.93 bits per heavy atom. The number of likely N-dealkylation sites (tertiary alicyclic amines) is 1. The molecule has 0 saturated carbocycles. The van der Waals surface area contributed by atoms with Gasteiger partial charge < -0.3 is 9.55 Å². The van der Waals surface area contributed by atoms with Crippen molar-refractivity contribution in [3.05, 3.63) is 76.2 Å². The number of piperidine rings is 1. The molecule has 3 aromatic heterocycles. The van der Waals surface area contributed by atoms with E-state index in [2.05, 4.69) is 27.0 Å². The highest BCUT2D eigenvalue weighted by atomic mass is 16.1. The highest BCUT2D eigenvalue weighted by molar-refractivity contribution is 5.62. The zero-order valence-electron chi connectivity index (χ0n) is 15.5. The Morgan fingerprint density at radius 2 is 2.14 bits per heavy atom. The fourth-order valence-corrected chi connectivity index (χ4v) is 4.74. The summed E-state index contributed by atoms with van der Waals surface area (Å²) in [7, 11) is 0. The number of nitrogens with zero attached hydrogens (tertiary/aromatic N) is 4. The van der Waals surface area contributed by atoms with E-state index >= 15 is 0 Å². The zero-order valence-corrected chi connectivity index (χ0v) is 15.5. The van der Waals surface area contributed by atoms with Crippen molar-refractivity contribution < 1.29 is 0 Å². The number of aromatic amines is 1. The normalized spacial score (nSPS) is 21.1. The number of hydrogen-bond acceptors (Lipinski definition) is 4. The molecule has 2 atom stereocenters. The second-order valence-corrected chi connectivity index (χ2v) is 7.89. The van der Waals surface area contributed by atoms with Gasteiger partial charge in [0.1, 0.15) is 11.8 Å². The van der Waals surface area contributed by atoms with Crippen molar-refractivity contribution in [2.75, 3.05) is 13.1 Å². The van der Waals surface area contributed by atoms with E-state index in [4.69, 9.17) is 5.26 Å². The first-order valence-electron chi connectivity index (χ1n) is 9.64. The van der Waals surface area contributed by atoms with Crippen molar-refractivity contribution in [2.45, 2.75) is 25.4 Å². The first-order valence-corrected chi connectivity index (χ1v) is 9.64. The lowest BCUT2D eigenvalue weighted by atomic mass is 9.82. The molecule has 0 aliphatic carbocycles. The Kier molecular flexibility index (Phi) is 4.10. The standard InChI is InChI=1S/C22H21N5O/c23-8-20-5-15(9-25-20)11-26-12-16-4-19(14-26)21-6-18(7-22(28)27(21)13-16)17-2-1-3-24-10-17/h1-3,5-7,9-10,16,19,25H,4,11-14H2/t16-,19+/m0/s1. The maximum Gasteiger partial charge on any atom is 0.251 e. The van der Waals surface area contributed by atoms with Crippen LogP contribution in [0.4, 0.5) is 0 Å². The molecular weight excluding hydrogens is 350 g/mol. The smallest absolute Gasteiger partial charge is 0.251 e. The van der Waals surface area contributed by atoms with Crippen LogP contribution >= 0.6 is 0 Å². The summed E-state index contributed by atoms with van der Waals surface area (Å²) >= 11 is 0. The Labute approximate surface area is 163 Å². The quantitative estimate of drug-likeness (QED) is 0.768. The molecule has 140 valence electrons. The molecule has 6 nitrogen and oxygen atoms in total. The van der Waals surface area contributed by atoms with E-state index in [-0.39, 0.29) is 5.56 Å². The highest BCUT2D eigenvalue weighted by Gasteiger charge is 2.34. The summed E-state index contributed by atoms with van der Waals surface area (Å²) < 4.78 is 1.97. The van der Waals surface area contributed by atoms with E-state index in [9.17, 15) is 4.79 Å². The molecule has 5 heterocycles. The molecule has 28 heavy (non-hydrogen) atoms. The van der Waals surface area contributed by atoms with Crippen molar-refractivity contribution in [3.63, 3.8) is 0 Å². The van der Waals surface area contributed by atoms with E-state index < -0.39 is 0 Å². The van der Waals surface area contributed by atoms with Gasteiger partial charge in [0.05, 0.1) is 0 Å².